The Hall–Kier alpha value is -5.25. The van der Waals surface area contributed by atoms with Crippen LogP contribution in [0.15, 0.2) is 121 Å². The molecule has 5 aromatic carbocycles. The molecule has 0 atom stereocenters. The van der Waals surface area contributed by atoms with Crippen molar-refractivity contribution in [2.24, 2.45) is 0 Å². The second-order valence-electron chi connectivity index (χ2n) is 13.0. The third-order valence-corrected chi connectivity index (χ3v) is 9.40. The predicted octanol–water partition coefficient (Wildman–Crippen LogP) is 11.4. The van der Waals surface area contributed by atoms with Crippen molar-refractivity contribution in [3.05, 3.63) is 156 Å². The van der Waals surface area contributed by atoms with Crippen LogP contribution >= 0.6 is 0 Å². The van der Waals surface area contributed by atoms with Crippen molar-refractivity contribution in [2.45, 2.75) is 47.0 Å². The normalized spacial score (nSPS) is 11.2. The maximum absolute atomic E-state index is 6.65. The maximum atomic E-state index is 6.65. The van der Waals surface area contributed by atoms with Crippen LogP contribution in [0.3, 0.4) is 0 Å². The molecule has 0 saturated carbocycles. The molecule has 3 heterocycles. The molecule has 0 amide bonds. The molecule has 254 valence electrons. The first-order valence-corrected chi connectivity index (χ1v) is 17.3. The molecule has 8 aromatic rings. The Labute approximate surface area is 313 Å². The first kappa shape index (κ1) is 34.2. The Morgan fingerprint density at radius 1 is 0.706 bits per heavy atom. The number of aryl methyl sites for hydroxylation is 3. The largest absolute Gasteiger partial charge is 2.00 e. The predicted molar refractivity (Wildman–Crippen MR) is 204 cm³/mol. The van der Waals surface area contributed by atoms with Gasteiger partial charge in [-0.15, -0.1) is 35.7 Å². The fourth-order valence-corrected chi connectivity index (χ4v) is 6.97. The van der Waals surface area contributed by atoms with Crippen molar-refractivity contribution >= 4 is 21.8 Å². The van der Waals surface area contributed by atoms with Gasteiger partial charge in [0.25, 0.3) is 0 Å². The van der Waals surface area contributed by atoms with E-state index < -0.39 is 0 Å². The van der Waals surface area contributed by atoms with Crippen molar-refractivity contribution in [3.63, 3.8) is 0 Å². The first-order valence-electron chi connectivity index (χ1n) is 17.3. The van der Waals surface area contributed by atoms with Gasteiger partial charge in [0, 0.05) is 34.5 Å². The summed E-state index contributed by atoms with van der Waals surface area (Å²) < 4.78 is 10.8. The molecule has 0 fully saturated rings. The molecular formula is C45H38N4OPt. The summed E-state index contributed by atoms with van der Waals surface area (Å²) in [4.78, 5) is 4.79. The third-order valence-electron chi connectivity index (χ3n) is 9.40. The number of benzene rings is 5. The van der Waals surface area contributed by atoms with E-state index in [-0.39, 0.29) is 21.1 Å². The molecule has 0 radical (unpaired) electrons. The number of rotatable bonds is 9. The zero-order valence-electron chi connectivity index (χ0n) is 29.2. The average molecular weight is 846 g/mol. The number of nitrogens with zero attached hydrogens (tertiary/aromatic N) is 4. The van der Waals surface area contributed by atoms with E-state index >= 15 is 0 Å². The van der Waals surface area contributed by atoms with Gasteiger partial charge in [0.15, 0.2) is 0 Å². The molecule has 0 saturated heterocycles. The van der Waals surface area contributed by atoms with E-state index in [9.17, 15) is 0 Å². The minimum atomic E-state index is 0. The van der Waals surface area contributed by atoms with Gasteiger partial charge in [-0.05, 0) is 72.3 Å². The van der Waals surface area contributed by atoms with Gasteiger partial charge in [0.05, 0.1) is 5.69 Å². The topological polar surface area (TPSA) is 44.9 Å². The smallest absolute Gasteiger partial charge is 0.509 e. The molecule has 0 aliphatic heterocycles. The average Bonchev–Trinajstić information content (AvgIpc) is 3.63. The second-order valence-corrected chi connectivity index (χ2v) is 13.0. The van der Waals surface area contributed by atoms with Gasteiger partial charge < -0.3 is 9.30 Å². The third kappa shape index (κ3) is 6.67. The molecule has 0 N–H and O–H groups in total. The standard InChI is InChI=1S/C45H38N4O.Pt/c1-5-6-13-33-25-37(49-32(4)45(31(3)47-49)35-16-11-8-12-17-35)28-39(26-33)50-38-19-20-40-41-27-36(34-14-9-7-10-15-34)18-21-42(41)48(43(40)29-38)44-24-30(2)22-23-46-44;/h7-12,14-27H,5-6,13H2,1-4H3;/q-2;+2. The summed E-state index contributed by atoms with van der Waals surface area (Å²) in [6.45, 7) is 8.50. The van der Waals surface area contributed by atoms with Gasteiger partial charge in [-0.1, -0.05) is 104 Å². The maximum Gasteiger partial charge on any atom is 2.00 e. The van der Waals surface area contributed by atoms with E-state index in [1.807, 2.05) is 35.1 Å². The minimum absolute atomic E-state index is 0. The van der Waals surface area contributed by atoms with Crippen molar-refractivity contribution in [2.75, 3.05) is 0 Å². The van der Waals surface area contributed by atoms with Crippen molar-refractivity contribution in [3.8, 4) is 45.3 Å². The van der Waals surface area contributed by atoms with E-state index in [1.165, 1.54) is 16.7 Å². The summed E-state index contributed by atoms with van der Waals surface area (Å²) in [5.74, 6) is 2.10. The van der Waals surface area contributed by atoms with Crippen molar-refractivity contribution in [1.29, 1.82) is 0 Å². The van der Waals surface area contributed by atoms with Gasteiger partial charge >= 0.3 is 21.1 Å². The quantitative estimate of drug-likeness (QED) is 0.136. The van der Waals surface area contributed by atoms with E-state index in [2.05, 4.69) is 135 Å². The van der Waals surface area contributed by atoms with E-state index in [0.29, 0.717) is 11.5 Å². The number of unbranched alkanes of at least 4 members (excludes halogenated alkanes) is 1. The van der Waals surface area contributed by atoms with E-state index in [0.717, 1.165) is 80.7 Å². The SMILES string of the molecule is CCCCc1cc(Oc2[c-]c3c(cc2)c2cc(-c4ccccc4)ccc2n3-c2cc(C)ccn2)[c-]c(-n2nc(C)c(-c3ccccc3)c2C)c1.[Pt+2]. The number of pyridine rings is 1. The molecule has 0 bridgehead atoms. The van der Waals surface area contributed by atoms with Gasteiger partial charge in [0.2, 0.25) is 0 Å². The number of hydrogen-bond acceptors (Lipinski definition) is 3. The van der Waals surface area contributed by atoms with Gasteiger partial charge in [-0.25, -0.2) is 4.98 Å². The minimum Gasteiger partial charge on any atom is -0.509 e. The van der Waals surface area contributed by atoms with Crippen LogP contribution in [-0.2, 0) is 27.5 Å². The first-order chi connectivity index (χ1) is 24.5. The number of fused-ring (bicyclic) bond motifs is 3. The summed E-state index contributed by atoms with van der Waals surface area (Å²) in [7, 11) is 0. The molecule has 0 aliphatic rings. The molecule has 5 nitrogen and oxygen atoms in total. The van der Waals surface area contributed by atoms with Crippen LogP contribution < -0.4 is 4.74 Å². The van der Waals surface area contributed by atoms with Crippen molar-refractivity contribution in [1.82, 2.24) is 19.3 Å². The Balaban J connectivity index is 0.00000406. The van der Waals surface area contributed by atoms with Crippen LogP contribution in [0.1, 0.15) is 42.3 Å². The Morgan fingerprint density at radius 2 is 1.47 bits per heavy atom. The molecule has 8 rings (SSSR count). The zero-order valence-corrected chi connectivity index (χ0v) is 31.5. The summed E-state index contributed by atoms with van der Waals surface area (Å²) in [6.07, 6.45) is 5.00. The molecular weight excluding hydrogens is 808 g/mol. The van der Waals surface area contributed by atoms with Crippen LogP contribution in [0.2, 0.25) is 0 Å². The summed E-state index contributed by atoms with van der Waals surface area (Å²) in [5, 5.41) is 7.21. The van der Waals surface area contributed by atoms with Crippen LogP contribution in [0.5, 0.6) is 11.5 Å². The van der Waals surface area contributed by atoms with E-state index in [4.69, 9.17) is 14.8 Å². The fourth-order valence-electron chi connectivity index (χ4n) is 6.97. The monoisotopic (exact) mass is 845 g/mol. The van der Waals surface area contributed by atoms with Gasteiger partial charge in [0.1, 0.15) is 5.82 Å². The Morgan fingerprint density at radius 3 is 2.22 bits per heavy atom. The zero-order chi connectivity index (χ0) is 34.2. The summed E-state index contributed by atoms with van der Waals surface area (Å²) in [5.41, 5.74) is 11.9. The van der Waals surface area contributed by atoms with Gasteiger partial charge in [-0.3, -0.25) is 4.68 Å². The second kappa shape index (κ2) is 14.5. The number of aromatic nitrogens is 4. The Bertz CT molecular complexity index is 2480. The van der Waals surface area contributed by atoms with Crippen LogP contribution in [0.4, 0.5) is 0 Å². The fraction of sp³-hybridized carbons (Fsp3) is 0.156. The summed E-state index contributed by atoms with van der Waals surface area (Å²) >= 11 is 0. The molecule has 3 aromatic heterocycles. The van der Waals surface area contributed by atoms with Crippen molar-refractivity contribution < 1.29 is 25.8 Å². The molecule has 6 heteroatoms. The molecule has 0 aliphatic carbocycles. The van der Waals surface area contributed by atoms with Crippen LogP contribution in [0.25, 0.3) is 55.6 Å². The molecule has 0 spiro atoms. The number of ether oxygens (including phenoxy) is 1. The van der Waals surface area contributed by atoms with E-state index in [1.54, 1.807) is 0 Å². The van der Waals surface area contributed by atoms with Crippen LogP contribution in [0, 0.1) is 32.9 Å². The molecule has 0 unspecified atom stereocenters. The number of hydrogen-bond donors (Lipinski definition) is 0. The molecule has 51 heavy (non-hydrogen) atoms. The Kier molecular flexibility index (Phi) is 9.75. The van der Waals surface area contributed by atoms with Crippen LogP contribution in [-0.4, -0.2) is 19.3 Å². The van der Waals surface area contributed by atoms with Gasteiger partial charge in [-0.2, -0.15) is 16.7 Å². The summed E-state index contributed by atoms with van der Waals surface area (Å²) in [6, 6.07) is 47.3.